The number of aromatic hydroxyl groups is 4. The number of hydrogen-bond donors (Lipinski definition) is 4. The van der Waals surface area contributed by atoms with Crippen LogP contribution in [-0.4, -0.2) is 85.5 Å². The quantitative estimate of drug-likeness (QED) is 0.103. The predicted octanol–water partition coefficient (Wildman–Crippen LogP) is 9.90. The first kappa shape index (κ1) is 67.8. The van der Waals surface area contributed by atoms with E-state index in [1.807, 2.05) is 54.6 Å². The van der Waals surface area contributed by atoms with E-state index < -0.39 is 0 Å². The molecule has 18 rings (SSSR count). The van der Waals surface area contributed by atoms with E-state index in [4.69, 9.17) is 26.5 Å². The van der Waals surface area contributed by atoms with Crippen LogP contribution in [0.15, 0.2) is 216 Å². The van der Waals surface area contributed by atoms with Gasteiger partial charge in [-0.05, 0) is 84.9 Å². The largest absolute Gasteiger partial charge is 2.00 e. The molecule has 0 spiro atoms. The van der Waals surface area contributed by atoms with Gasteiger partial charge in [0.25, 0.3) is 11.0 Å². The van der Waals surface area contributed by atoms with Crippen LogP contribution in [0.1, 0.15) is 0 Å². The summed E-state index contributed by atoms with van der Waals surface area (Å²) in [4.78, 5) is 41.7. The first-order valence-electron chi connectivity index (χ1n) is 25.2. The molecule has 0 radical (unpaired) electrons. The van der Waals surface area contributed by atoms with Crippen LogP contribution in [0.25, 0.3) is 133 Å². The average Bonchev–Trinajstić information content (AvgIpc) is 2.16. The SMILES string of the molecule is Oc1cccc2oc3cccnc3c12.Oc1ccnc2oc3cccnc3c12.Oc1cncc2oc3cccnc3c12.Oc1nccc2oc3cccnc3c12.[Be+2].[Be+2].[O-]c1cncc2oc3ccc[nH+]c3c12.[O-]c1nccc2oc3ccc[nH+]c3c12.[Zn].[Zn].[Zn].[Zn]. The summed E-state index contributed by atoms with van der Waals surface area (Å²) in [5, 5.41) is 64.9. The standard InChI is InChI=1S/C11H7NO2.5C10H6N2O2.2Be.4Zn/c13-7-3-1-4-8-10(7)11-9(14-8)5-2-6-12-11;2*13-10-8-6(3-5-12-10)14-7-2-1-4-11-9(7)8;13-6-3-5-12-10-8(6)9-7(14-10)2-1-4-11-9;2*13-6-4-11-5-8-9(6)10-7(14-8)2-1-3-12-10;;;;;;/h1-6,13H;3*1-5H,(H,12,13);2*1-5,13H;;;;;;/q;;;;;;2*+2;;;;. The molecule has 0 amide bonds. The molecule has 0 unspecified atom stereocenters. The van der Waals surface area contributed by atoms with Gasteiger partial charge >= 0.3 is 20.2 Å². The summed E-state index contributed by atoms with van der Waals surface area (Å²) in [6.07, 6.45) is 20.4. The maximum absolute atomic E-state index is 11.5. The molecule has 23 nitrogen and oxygen atoms in total. The molecule has 1 aromatic carbocycles. The number of rotatable bonds is 0. The van der Waals surface area contributed by atoms with Crippen LogP contribution < -0.4 is 20.2 Å². The zero-order chi connectivity index (χ0) is 57.3. The molecular formula is C61H37Be2N11O12Zn4+4. The molecule has 17 aromatic heterocycles. The Hall–Kier alpha value is -9.70. The molecule has 90 heavy (non-hydrogen) atoms. The summed E-state index contributed by atoms with van der Waals surface area (Å²) in [7, 11) is 0. The molecule has 0 saturated carbocycles. The summed E-state index contributed by atoms with van der Waals surface area (Å²) in [6.45, 7) is 0. The van der Waals surface area contributed by atoms with E-state index in [0.29, 0.717) is 127 Å². The number of nitrogens with one attached hydrogen (secondary N) is 2. The van der Waals surface area contributed by atoms with E-state index in [1.165, 1.54) is 37.1 Å². The Bertz CT molecular complexity index is 4600. The Labute approximate surface area is 562 Å². The third-order valence-electron chi connectivity index (χ3n) is 12.9. The minimum absolute atomic E-state index is 0. The molecule has 0 saturated heterocycles. The van der Waals surface area contributed by atoms with Crippen molar-refractivity contribution in [3.8, 4) is 34.8 Å². The number of fused-ring (bicyclic) bond motifs is 18. The van der Waals surface area contributed by atoms with Crippen molar-refractivity contribution in [2.75, 3.05) is 0 Å². The topological polar surface area (TPSA) is 350 Å². The number of furan rings is 6. The van der Waals surface area contributed by atoms with Crippen LogP contribution in [-0.2, 0) is 77.9 Å². The van der Waals surface area contributed by atoms with Crippen molar-refractivity contribution < 1.29 is 145 Å². The van der Waals surface area contributed by atoms with Gasteiger partial charge in [-0.1, -0.05) is 11.8 Å². The molecule has 17 heterocycles. The fourth-order valence-electron chi connectivity index (χ4n) is 9.29. The van der Waals surface area contributed by atoms with Gasteiger partial charge in [-0.25, -0.2) is 19.9 Å². The van der Waals surface area contributed by atoms with Gasteiger partial charge in [0.15, 0.2) is 57.1 Å². The number of phenolic OH excluding ortho intramolecular Hbond substituents is 1. The number of H-pyrrole nitrogens is 2. The van der Waals surface area contributed by atoms with Gasteiger partial charge in [0.1, 0.15) is 72.2 Å². The van der Waals surface area contributed by atoms with Crippen molar-refractivity contribution in [1.82, 2.24) is 44.9 Å². The summed E-state index contributed by atoms with van der Waals surface area (Å²) in [6, 6.07) is 31.8. The summed E-state index contributed by atoms with van der Waals surface area (Å²) < 4.78 is 32.7. The zero-order valence-electron chi connectivity index (χ0n) is 47.2. The number of aromatic amines is 2. The second-order valence-electron chi connectivity index (χ2n) is 18.0. The maximum Gasteiger partial charge on any atom is 2.00 e. The van der Waals surface area contributed by atoms with Crippen LogP contribution in [0.2, 0.25) is 0 Å². The zero-order valence-corrected chi connectivity index (χ0v) is 59.1. The summed E-state index contributed by atoms with van der Waals surface area (Å²) >= 11 is 0. The van der Waals surface area contributed by atoms with Crippen molar-refractivity contribution in [1.29, 1.82) is 0 Å². The van der Waals surface area contributed by atoms with Crippen molar-refractivity contribution in [2.45, 2.75) is 0 Å². The maximum atomic E-state index is 11.5. The molecule has 0 fully saturated rings. The molecule has 0 aliphatic rings. The summed E-state index contributed by atoms with van der Waals surface area (Å²) in [5.41, 5.74) is 11.4. The minimum atomic E-state index is -0.260. The summed E-state index contributed by atoms with van der Waals surface area (Å²) in [5.74, 6) is 0.0275. The molecule has 0 bridgehead atoms. The van der Waals surface area contributed by atoms with Gasteiger partial charge < -0.3 is 57.1 Å². The fourth-order valence-corrected chi connectivity index (χ4v) is 9.29. The van der Waals surface area contributed by atoms with Gasteiger partial charge in [0.2, 0.25) is 11.6 Å². The minimum Gasteiger partial charge on any atom is -0.871 e. The smallest absolute Gasteiger partial charge is 0.871 e. The van der Waals surface area contributed by atoms with Crippen molar-refractivity contribution in [2.24, 2.45) is 0 Å². The van der Waals surface area contributed by atoms with E-state index in [9.17, 15) is 30.6 Å². The van der Waals surface area contributed by atoms with Crippen LogP contribution in [0.5, 0.6) is 34.8 Å². The number of pyridine rings is 11. The molecule has 0 atom stereocenters. The van der Waals surface area contributed by atoms with Crippen molar-refractivity contribution in [3.05, 3.63) is 190 Å². The van der Waals surface area contributed by atoms with E-state index >= 15 is 0 Å². The monoisotopic (exact) mass is 1390 g/mol. The van der Waals surface area contributed by atoms with Gasteiger partial charge in [0, 0.05) is 152 Å². The first-order chi connectivity index (χ1) is 41.2. The number of hydrogen-bond acceptors (Lipinski definition) is 21. The van der Waals surface area contributed by atoms with Gasteiger partial charge in [-0.2, -0.15) is 0 Å². The van der Waals surface area contributed by atoms with Crippen LogP contribution in [0.3, 0.4) is 0 Å². The third kappa shape index (κ3) is 13.2. The van der Waals surface area contributed by atoms with Crippen molar-refractivity contribution >= 4 is 153 Å². The number of aromatic nitrogens is 11. The van der Waals surface area contributed by atoms with Crippen molar-refractivity contribution in [3.63, 3.8) is 0 Å². The first-order valence-corrected chi connectivity index (χ1v) is 25.2. The Kier molecular flexibility index (Phi) is 22.3. The molecule has 0 aliphatic heterocycles. The normalized spacial score (nSPS) is 10.4. The Morgan fingerprint density at radius 2 is 0.744 bits per heavy atom. The molecule has 18 aromatic rings. The van der Waals surface area contributed by atoms with Crippen LogP contribution in [0.4, 0.5) is 0 Å². The van der Waals surface area contributed by atoms with Gasteiger partial charge in [-0.3, -0.25) is 34.9 Å². The van der Waals surface area contributed by atoms with E-state index in [-0.39, 0.29) is 133 Å². The Balaban J connectivity index is 0.000000152. The second kappa shape index (κ2) is 29.5. The molecule has 0 aliphatic carbocycles. The molecule has 29 heteroatoms. The molecule has 416 valence electrons. The van der Waals surface area contributed by atoms with E-state index in [0.717, 1.165) is 5.52 Å². The Morgan fingerprint density at radius 1 is 0.322 bits per heavy atom. The van der Waals surface area contributed by atoms with Crippen LogP contribution in [0, 0.1) is 0 Å². The van der Waals surface area contributed by atoms with Gasteiger partial charge in [0.05, 0.1) is 34.7 Å². The second-order valence-corrected chi connectivity index (χ2v) is 18.0. The fraction of sp³-hybridized carbons (Fsp3) is 0. The van der Waals surface area contributed by atoms with E-state index in [2.05, 4.69) is 54.8 Å². The average molecular weight is 1400 g/mol. The third-order valence-corrected chi connectivity index (χ3v) is 12.9. The van der Waals surface area contributed by atoms with Crippen LogP contribution >= 0.6 is 0 Å². The predicted molar refractivity (Wildman–Crippen MR) is 313 cm³/mol. The van der Waals surface area contributed by atoms with E-state index in [1.54, 1.807) is 98.1 Å². The number of phenols is 1. The van der Waals surface area contributed by atoms with Gasteiger partial charge in [-0.15, -0.1) is 0 Å². The number of nitrogens with zero attached hydrogens (tertiary/aromatic N) is 9. The number of benzene rings is 1. The molecular weight excluding hydrogens is 1360 g/mol. The molecule has 6 N–H and O–H groups in total. The Morgan fingerprint density at radius 3 is 1.36 bits per heavy atom.